The summed E-state index contributed by atoms with van der Waals surface area (Å²) in [5.41, 5.74) is 0.540. The maximum absolute atomic E-state index is 12.6. The maximum atomic E-state index is 12.6. The molecular formula is C15H19N3O6S3. The molecule has 148 valence electrons. The van der Waals surface area contributed by atoms with E-state index in [1.54, 1.807) is 6.92 Å². The fourth-order valence-corrected chi connectivity index (χ4v) is 4.83. The molecule has 3 N–H and O–H groups in total. The molecule has 0 bridgehead atoms. The Hall–Kier alpha value is -1.99. The molecule has 0 fully saturated rings. The number of nitrogens with zero attached hydrogens (tertiary/aromatic N) is 1. The minimum atomic E-state index is -4.18. The quantitative estimate of drug-likeness (QED) is 0.686. The molecule has 0 spiro atoms. The van der Waals surface area contributed by atoms with Crippen molar-refractivity contribution < 1.29 is 25.3 Å². The molecular weight excluding hydrogens is 414 g/mol. The van der Waals surface area contributed by atoms with Crippen LogP contribution >= 0.6 is 0 Å². The molecule has 0 unspecified atom stereocenters. The van der Waals surface area contributed by atoms with Crippen molar-refractivity contribution in [2.24, 2.45) is 5.14 Å². The Kier molecular flexibility index (Phi) is 5.69. The van der Waals surface area contributed by atoms with Crippen LogP contribution in [0, 0.1) is 6.92 Å². The Morgan fingerprint density at radius 2 is 1.44 bits per heavy atom. The molecule has 0 amide bonds. The molecule has 0 heterocycles. The molecule has 0 atom stereocenters. The van der Waals surface area contributed by atoms with Gasteiger partial charge in [-0.3, -0.25) is 4.72 Å². The Labute approximate surface area is 159 Å². The third kappa shape index (κ3) is 4.65. The van der Waals surface area contributed by atoms with Gasteiger partial charge in [-0.2, -0.15) is 0 Å². The number of rotatable bonds is 6. The van der Waals surface area contributed by atoms with Crippen molar-refractivity contribution in [3.8, 4) is 0 Å². The molecule has 0 saturated heterocycles. The maximum Gasteiger partial charge on any atom is 0.261 e. The second-order valence-corrected chi connectivity index (χ2v) is 11.3. The number of anilines is 1. The van der Waals surface area contributed by atoms with Gasteiger partial charge in [-0.25, -0.2) is 34.7 Å². The van der Waals surface area contributed by atoms with Crippen LogP contribution in [0.25, 0.3) is 0 Å². The lowest BCUT2D eigenvalue weighted by Gasteiger charge is -2.15. The van der Waals surface area contributed by atoms with Gasteiger partial charge in [0.15, 0.2) is 0 Å². The molecule has 27 heavy (non-hydrogen) atoms. The number of hydrogen-bond acceptors (Lipinski definition) is 6. The standard InChI is InChI=1S/C15H19N3O6S3/c1-11-7-8-14(27(23,24)18(2)3)10-15(11)17-26(21,22)13-6-4-5-12(9-13)25(16,19)20/h4-10,17H,1-3H3,(H2,16,19,20). The van der Waals surface area contributed by atoms with E-state index in [-0.39, 0.29) is 20.4 Å². The highest BCUT2D eigenvalue weighted by Gasteiger charge is 2.22. The fraction of sp³-hybridized carbons (Fsp3) is 0.200. The predicted molar refractivity (Wildman–Crippen MR) is 101 cm³/mol. The highest BCUT2D eigenvalue weighted by molar-refractivity contribution is 7.93. The topological polar surface area (TPSA) is 144 Å². The minimum Gasteiger partial charge on any atom is -0.279 e. The smallest absolute Gasteiger partial charge is 0.261 e. The van der Waals surface area contributed by atoms with Gasteiger partial charge < -0.3 is 0 Å². The summed E-state index contributed by atoms with van der Waals surface area (Å²) < 4.78 is 75.9. The normalized spacial score (nSPS) is 12.9. The first kappa shape index (κ1) is 21.3. The summed E-state index contributed by atoms with van der Waals surface area (Å²) >= 11 is 0. The monoisotopic (exact) mass is 433 g/mol. The number of aryl methyl sites for hydroxylation is 1. The van der Waals surface area contributed by atoms with Crippen molar-refractivity contribution in [1.29, 1.82) is 0 Å². The summed E-state index contributed by atoms with van der Waals surface area (Å²) in [6, 6.07) is 8.57. The Bertz CT molecular complexity index is 1190. The summed E-state index contributed by atoms with van der Waals surface area (Å²) in [7, 11) is -9.30. The van der Waals surface area contributed by atoms with E-state index in [0.717, 1.165) is 10.4 Å². The zero-order valence-electron chi connectivity index (χ0n) is 14.7. The van der Waals surface area contributed by atoms with Gasteiger partial charge in [-0.05, 0) is 42.8 Å². The molecule has 2 aromatic carbocycles. The first-order valence-electron chi connectivity index (χ1n) is 7.44. The predicted octanol–water partition coefficient (Wildman–Crippen LogP) is 0.694. The van der Waals surface area contributed by atoms with Crippen molar-refractivity contribution in [3.63, 3.8) is 0 Å². The van der Waals surface area contributed by atoms with Crippen molar-refractivity contribution in [1.82, 2.24) is 4.31 Å². The van der Waals surface area contributed by atoms with Crippen molar-refractivity contribution >= 4 is 35.8 Å². The SMILES string of the molecule is Cc1ccc(S(=O)(=O)N(C)C)cc1NS(=O)(=O)c1cccc(S(N)(=O)=O)c1. The van der Waals surface area contributed by atoms with Crippen LogP contribution in [0.2, 0.25) is 0 Å². The van der Waals surface area contributed by atoms with E-state index in [1.165, 1.54) is 50.5 Å². The van der Waals surface area contributed by atoms with Crippen LogP contribution in [0.3, 0.4) is 0 Å². The fourth-order valence-electron chi connectivity index (χ4n) is 2.10. The van der Waals surface area contributed by atoms with Gasteiger partial charge in [-0.15, -0.1) is 0 Å². The van der Waals surface area contributed by atoms with E-state index in [0.29, 0.717) is 5.56 Å². The summed E-state index contributed by atoms with van der Waals surface area (Å²) in [5, 5.41) is 5.03. The number of benzene rings is 2. The van der Waals surface area contributed by atoms with Crippen LogP contribution in [0.5, 0.6) is 0 Å². The van der Waals surface area contributed by atoms with Crippen LogP contribution in [0.15, 0.2) is 57.2 Å². The lowest BCUT2D eigenvalue weighted by Crippen LogP contribution is -2.22. The lowest BCUT2D eigenvalue weighted by molar-refractivity contribution is 0.520. The number of hydrogen-bond donors (Lipinski definition) is 2. The summed E-state index contributed by atoms with van der Waals surface area (Å²) in [6.07, 6.45) is 0. The third-order valence-corrected chi connectivity index (χ3v) is 7.76. The van der Waals surface area contributed by atoms with Crippen molar-refractivity contribution in [2.75, 3.05) is 18.8 Å². The molecule has 2 aromatic rings. The van der Waals surface area contributed by atoms with Crippen molar-refractivity contribution in [3.05, 3.63) is 48.0 Å². The second-order valence-electron chi connectivity index (χ2n) is 5.89. The first-order valence-corrected chi connectivity index (χ1v) is 11.9. The largest absolute Gasteiger partial charge is 0.279 e. The minimum absolute atomic E-state index is 0.0546. The van der Waals surface area contributed by atoms with E-state index in [2.05, 4.69) is 4.72 Å². The van der Waals surface area contributed by atoms with E-state index in [1.807, 2.05) is 0 Å². The zero-order chi connectivity index (χ0) is 20.6. The van der Waals surface area contributed by atoms with Crippen LogP contribution in [-0.2, 0) is 30.1 Å². The highest BCUT2D eigenvalue weighted by atomic mass is 32.2. The van der Waals surface area contributed by atoms with Crippen LogP contribution in [-0.4, -0.2) is 43.7 Å². The summed E-state index contributed by atoms with van der Waals surface area (Å²) in [5.74, 6) is 0. The van der Waals surface area contributed by atoms with Gasteiger partial charge in [0.2, 0.25) is 20.0 Å². The molecule has 0 aliphatic heterocycles. The number of primary sulfonamides is 1. The lowest BCUT2D eigenvalue weighted by atomic mass is 10.2. The number of nitrogens with two attached hydrogens (primary N) is 1. The molecule has 0 radical (unpaired) electrons. The van der Waals surface area contributed by atoms with Gasteiger partial charge in [0.25, 0.3) is 10.0 Å². The summed E-state index contributed by atoms with van der Waals surface area (Å²) in [4.78, 5) is -0.769. The van der Waals surface area contributed by atoms with Gasteiger partial charge in [0, 0.05) is 14.1 Å². The molecule has 2 rings (SSSR count). The van der Waals surface area contributed by atoms with Gasteiger partial charge in [-0.1, -0.05) is 12.1 Å². The van der Waals surface area contributed by atoms with Gasteiger partial charge in [0.05, 0.1) is 20.4 Å². The van der Waals surface area contributed by atoms with Gasteiger partial charge >= 0.3 is 0 Å². The molecule has 0 aliphatic rings. The molecule has 9 nitrogen and oxygen atoms in total. The number of nitrogens with one attached hydrogen (secondary N) is 1. The number of sulfonamides is 3. The Morgan fingerprint density at radius 3 is 2.00 bits per heavy atom. The van der Waals surface area contributed by atoms with E-state index < -0.39 is 30.1 Å². The second kappa shape index (κ2) is 7.20. The van der Waals surface area contributed by atoms with Crippen LogP contribution < -0.4 is 9.86 Å². The molecule has 0 saturated carbocycles. The average Bonchev–Trinajstić information content (AvgIpc) is 2.55. The van der Waals surface area contributed by atoms with E-state index in [4.69, 9.17) is 5.14 Å². The third-order valence-electron chi connectivity index (χ3n) is 3.68. The van der Waals surface area contributed by atoms with Crippen LogP contribution in [0.4, 0.5) is 5.69 Å². The molecule has 12 heteroatoms. The Balaban J connectivity index is 2.50. The Morgan fingerprint density at radius 1 is 0.852 bits per heavy atom. The van der Waals surface area contributed by atoms with Crippen LogP contribution in [0.1, 0.15) is 5.56 Å². The van der Waals surface area contributed by atoms with E-state index >= 15 is 0 Å². The molecule has 0 aliphatic carbocycles. The molecule has 0 aromatic heterocycles. The highest BCUT2D eigenvalue weighted by Crippen LogP contribution is 2.25. The zero-order valence-corrected chi connectivity index (χ0v) is 17.2. The average molecular weight is 434 g/mol. The van der Waals surface area contributed by atoms with E-state index in [9.17, 15) is 25.3 Å². The van der Waals surface area contributed by atoms with Gasteiger partial charge in [0.1, 0.15) is 0 Å². The van der Waals surface area contributed by atoms with Crippen molar-refractivity contribution in [2.45, 2.75) is 21.6 Å². The first-order chi connectivity index (χ1) is 12.2. The summed E-state index contributed by atoms with van der Waals surface area (Å²) in [6.45, 7) is 1.60.